The molecular formula is C19H19N5O2. The number of carbonyl (C=O) groups is 1. The number of amides is 2. The molecular weight excluding hydrogens is 330 g/mol. The third-order valence-electron chi connectivity index (χ3n) is 4.50. The summed E-state index contributed by atoms with van der Waals surface area (Å²) in [6.07, 6.45) is 4.12. The van der Waals surface area contributed by atoms with Gasteiger partial charge in [-0.2, -0.15) is 0 Å². The second-order valence-electron chi connectivity index (χ2n) is 6.00. The highest BCUT2D eigenvalue weighted by Gasteiger charge is 2.35. The second-order valence-corrected chi connectivity index (χ2v) is 6.00. The minimum absolute atomic E-state index is 0.209. The number of benzene rings is 1. The number of hydrogen-bond acceptors (Lipinski definition) is 4. The van der Waals surface area contributed by atoms with E-state index in [1.165, 1.54) is 0 Å². The fourth-order valence-corrected chi connectivity index (χ4v) is 3.27. The number of fused-ring (bicyclic) bond motifs is 1. The molecule has 1 atom stereocenters. The molecule has 26 heavy (non-hydrogen) atoms. The van der Waals surface area contributed by atoms with Gasteiger partial charge in [-0.25, -0.2) is 9.78 Å². The molecule has 3 aromatic rings. The van der Waals surface area contributed by atoms with Crippen LogP contribution in [0.15, 0.2) is 55.0 Å². The summed E-state index contributed by atoms with van der Waals surface area (Å²) in [6.45, 7) is 0.567. The fourth-order valence-electron chi connectivity index (χ4n) is 3.27. The van der Waals surface area contributed by atoms with Gasteiger partial charge < -0.3 is 19.9 Å². The third-order valence-corrected chi connectivity index (χ3v) is 4.50. The number of aromatic amines is 1. The summed E-state index contributed by atoms with van der Waals surface area (Å²) in [5, 5.41) is 2.95. The van der Waals surface area contributed by atoms with E-state index in [4.69, 9.17) is 4.74 Å². The molecule has 2 amide bonds. The molecule has 2 N–H and O–H groups in total. The normalized spacial score (nSPS) is 16.0. The Kier molecular flexibility index (Phi) is 4.27. The van der Waals surface area contributed by atoms with Gasteiger partial charge in [-0.1, -0.05) is 18.2 Å². The van der Waals surface area contributed by atoms with Crippen LogP contribution in [0.4, 0.5) is 10.5 Å². The smallest absolute Gasteiger partial charge is 0.322 e. The Hall–Kier alpha value is -3.35. The van der Waals surface area contributed by atoms with Crippen molar-refractivity contribution in [1.82, 2.24) is 19.9 Å². The lowest BCUT2D eigenvalue weighted by Crippen LogP contribution is -2.43. The highest BCUT2D eigenvalue weighted by Crippen LogP contribution is 2.33. The second kappa shape index (κ2) is 6.87. The minimum Gasteiger partial charge on any atom is -0.495 e. The highest BCUT2D eigenvalue weighted by atomic mass is 16.5. The maximum absolute atomic E-state index is 13.0. The number of pyridine rings is 1. The lowest BCUT2D eigenvalue weighted by atomic mass is 10.00. The van der Waals surface area contributed by atoms with E-state index >= 15 is 0 Å². The van der Waals surface area contributed by atoms with Gasteiger partial charge in [0.25, 0.3) is 0 Å². The number of nitrogens with one attached hydrogen (secondary N) is 2. The van der Waals surface area contributed by atoms with Crippen LogP contribution in [-0.2, 0) is 6.42 Å². The van der Waals surface area contributed by atoms with Crippen molar-refractivity contribution in [3.63, 3.8) is 0 Å². The summed E-state index contributed by atoms with van der Waals surface area (Å²) in [7, 11) is 1.58. The van der Waals surface area contributed by atoms with Gasteiger partial charge in [0.15, 0.2) is 0 Å². The van der Waals surface area contributed by atoms with Crippen LogP contribution >= 0.6 is 0 Å². The first-order valence-electron chi connectivity index (χ1n) is 8.41. The van der Waals surface area contributed by atoms with Gasteiger partial charge in [-0.05, 0) is 24.3 Å². The molecule has 0 spiro atoms. The van der Waals surface area contributed by atoms with E-state index in [-0.39, 0.29) is 12.1 Å². The van der Waals surface area contributed by atoms with Crippen molar-refractivity contribution in [2.75, 3.05) is 19.0 Å². The molecule has 0 radical (unpaired) electrons. The molecule has 1 aliphatic rings. The molecule has 2 aromatic heterocycles. The Balaban J connectivity index is 1.67. The van der Waals surface area contributed by atoms with Crippen molar-refractivity contribution >= 4 is 11.7 Å². The molecule has 3 heterocycles. The van der Waals surface area contributed by atoms with Gasteiger partial charge in [0.05, 0.1) is 30.5 Å². The quantitative estimate of drug-likeness (QED) is 0.761. The molecule has 1 aliphatic heterocycles. The number of anilines is 1. The van der Waals surface area contributed by atoms with Crippen molar-refractivity contribution in [3.8, 4) is 5.75 Å². The van der Waals surface area contributed by atoms with Crippen molar-refractivity contribution in [3.05, 3.63) is 72.1 Å². The fraction of sp³-hybridized carbons (Fsp3) is 0.211. The van der Waals surface area contributed by atoms with Gasteiger partial charge in [0.1, 0.15) is 11.8 Å². The average Bonchev–Trinajstić information content (AvgIpc) is 3.17. The molecule has 4 rings (SSSR count). The number of ether oxygens (including phenoxy) is 1. The van der Waals surface area contributed by atoms with Gasteiger partial charge in [0, 0.05) is 24.9 Å². The van der Waals surface area contributed by atoms with E-state index in [1.54, 1.807) is 24.5 Å². The summed E-state index contributed by atoms with van der Waals surface area (Å²) in [4.78, 5) is 26.9. The number of methoxy groups -OCH3 is 1. The summed E-state index contributed by atoms with van der Waals surface area (Å²) >= 11 is 0. The van der Waals surface area contributed by atoms with Crippen molar-refractivity contribution in [1.29, 1.82) is 0 Å². The van der Waals surface area contributed by atoms with Crippen LogP contribution in [-0.4, -0.2) is 39.5 Å². The van der Waals surface area contributed by atoms with Crippen LogP contribution in [0.2, 0.25) is 0 Å². The number of hydrogen-bond donors (Lipinski definition) is 2. The monoisotopic (exact) mass is 349 g/mol. The van der Waals surface area contributed by atoms with Crippen LogP contribution in [0.1, 0.15) is 23.1 Å². The van der Waals surface area contributed by atoms with Crippen LogP contribution in [0.5, 0.6) is 5.75 Å². The zero-order valence-corrected chi connectivity index (χ0v) is 14.3. The topological polar surface area (TPSA) is 83.1 Å². The van der Waals surface area contributed by atoms with Crippen LogP contribution in [0.3, 0.4) is 0 Å². The van der Waals surface area contributed by atoms with E-state index in [0.717, 1.165) is 23.5 Å². The van der Waals surface area contributed by atoms with Gasteiger partial charge in [0.2, 0.25) is 0 Å². The van der Waals surface area contributed by atoms with Gasteiger partial charge in [-0.15, -0.1) is 0 Å². The Morgan fingerprint density at radius 1 is 1.23 bits per heavy atom. The summed E-state index contributed by atoms with van der Waals surface area (Å²) in [6, 6.07) is 12.5. The molecule has 0 bridgehead atoms. The van der Waals surface area contributed by atoms with Crippen LogP contribution < -0.4 is 10.1 Å². The molecule has 1 aromatic carbocycles. The largest absolute Gasteiger partial charge is 0.495 e. The molecule has 0 saturated heterocycles. The molecule has 0 fully saturated rings. The number of H-pyrrole nitrogens is 1. The van der Waals surface area contributed by atoms with Gasteiger partial charge in [-0.3, -0.25) is 4.98 Å². The Morgan fingerprint density at radius 2 is 2.08 bits per heavy atom. The van der Waals surface area contributed by atoms with Crippen molar-refractivity contribution in [2.24, 2.45) is 0 Å². The lowest BCUT2D eigenvalue weighted by Gasteiger charge is -2.34. The van der Waals surface area contributed by atoms with E-state index in [2.05, 4.69) is 20.3 Å². The molecule has 0 saturated carbocycles. The van der Waals surface area contributed by atoms with E-state index < -0.39 is 0 Å². The third kappa shape index (κ3) is 2.88. The molecule has 132 valence electrons. The Labute approximate surface area is 151 Å². The zero-order valence-electron chi connectivity index (χ0n) is 14.3. The number of imidazole rings is 1. The van der Waals surface area contributed by atoms with Crippen LogP contribution in [0.25, 0.3) is 0 Å². The minimum atomic E-state index is -0.332. The predicted octanol–water partition coefficient (Wildman–Crippen LogP) is 2.99. The molecule has 7 heteroatoms. The Bertz CT molecular complexity index is 909. The maximum atomic E-state index is 13.0. The Morgan fingerprint density at radius 3 is 2.88 bits per heavy atom. The van der Waals surface area contributed by atoms with Crippen molar-refractivity contribution < 1.29 is 9.53 Å². The van der Waals surface area contributed by atoms with E-state index in [1.807, 2.05) is 42.5 Å². The number of urea groups is 1. The van der Waals surface area contributed by atoms with Crippen LogP contribution in [0, 0.1) is 0 Å². The molecule has 0 unspecified atom stereocenters. The number of rotatable bonds is 3. The highest BCUT2D eigenvalue weighted by molar-refractivity contribution is 5.91. The van der Waals surface area contributed by atoms with Gasteiger partial charge >= 0.3 is 6.03 Å². The SMILES string of the molecule is COc1ccccc1NC(=O)N1CCc2[nH]cnc2[C@H]1c1ccccn1. The number of para-hydroxylation sites is 2. The number of aromatic nitrogens is 3. The predicted molar refractivity (Wildman–Crippen MR) is 97.1 cm³/mol. The summed E-state index contributed by atoms with van der Waals surface area (Å²) in [5.74, 6) is 0.618. The first-order chi connectivity index (χ1) is 12.8. The van der Waals surface area contributed by atoms with E-state index in [0.29, 0.717) is 18.0 Å². The van der Waals surface area contributed by atoms with Crippen molar-refractivity contribution in [2.45, 2.75) is 12.5 Å². The standard InChI is InChI=1S/C19H19N5O2/c1-26-16-8-3-2-6-13(16)23-19(25)24-11-9-14-17(22-12-21-14)18(24)15-7-4-5-10-20-15/h2-8,10,12,18H,9,11H2,1H3,(H,21,22)(H,23,25)/t18-/m1/s1. The number of carbonyl (C=O) groups excluding carboxylic acids is 1. The molecule has 7 nitrogen and oxygen atoms in total. The lowest BCUT2D eigenvalue weighted by molar-refractivity contribution is 0.191. The zero-order chi connectivity index (χ0) is 17.9. The summed E-state index contributed by atoms with van der Waals surface area (Å²) < 4.78 is 5.33. The average molecular weight is 349 g/mol. The summed E-state index contributed by atoms with van der Waals surface area (Å²) in [5.41, 5.74) is 3.30. The van der Waals surface area contributed by atoms with E-state index in [9.17, 15) is 4.79 Å². The first-order valence-corrected chi connectivity index (χ1v) is 8.41. The number of nitrogens with zero attached hydrogens (tertiary/aromatic N) is 3. The molecule has 0 aliphatic carbocycles. The maximum Gasteiger partial charge on any atom is 0.322 e. The first kappa shape index (κ1) is 16.1.